The van der Waals surface area contributed by atoms with Gasteiger partial charge in [0.2, 0.25) is 5.91 Å². The van der Waals surface area contributed by atoms with Crippen molar-refractivity contribution in [2.24, 2.45) is 5.10 Å². The Balaban J connectivity index is 1.77. The Kier molecular flexibility index (Phi) is 5.67. The Morgan fingerprint density at radius 1 is 1.30 bits per heavy atom. The van der Waals surface area contributed by atoms with Gasteiger partial charge in [0.15, 0.2) is 6.61 Å². The van der Waals surface area contributed by atoms with E-state index in [1.165, 1.54) is 0 Å². The van der Waals surface area contributed by atoms with Gasteiger partial charge in [-0.3, -0.25) is 9.59 Å². The summed E-state index contributed by atoms with van der Waals surface area (Å²) < 4.78 is 10.0. The van der Waals surface area contributed by atoms with Crippen LogP contribution < -0.4 is 15.5 Å². The summed E-state index contributed by atoms with van der Waals surface area (Å²) in [6.07, 6.45) is 0.376. The van der Waals surface area contributed by atoms with Crippen molar-refractivity contribution in [3.63, 3.8) is 0 Å². The summed E-state index contributed by atoms with van der Waals surface area (Å²) in [5, 5.41) is 6.23. The van der Waals surface area contributed by atoms with E-state index < -0.39 is 18.5 Å². The van der Waals surface area contributed by atoms with Gasteiger partial charge in [0, 0.05) is 24.9 Å². The van der Waals surface area contributed by atoms with Gasteiger partial charge in [0.1, 0.15) is 11.5 Å². The number of carbonyl (C=O) groups is 3. The van der Waals surface area contributed by atoms with Crippen LogP contribution in [0.5, 0.6) is 5.75 Å². The normalized spacial score (nSPS) is 13.6. The first-order valence-electron chi connectivity index (χ1n) is 7.01. The van der Waals surface area contributed by atoms with Crippen LogP contribution >= 0.6 is 0 Å². The summed E-state index contributed by atoms with van der Waals surface area (Å²) >= 11 is 0. The molecule has 2 N–H and O–H groups in total. The molecule has 0 radical (unpaired) electrons. The van der Waals surface area contributed by atoms with Crippen molar-refractivity contribution in [2.45, 2.75) is 19.4 Å². The largest absolute Gasteiger partial charge is 0.496 e. The molecular weight excluding hydrogens is 302 g/mol. The number of methoxy groups -OCH3 is 1. The molecule has 0 aliphatic carbocycles. The lowest BCUT2D eigenvalue weighted by Gasteiger charge is -2.12. The van der Waals surface area contributed by atoms with Crippen LogP contribution in [-0.4, -0.2) is 37.2 Å². The zero-order valence-corrected chi connectivity index (χ0v) is 12.6. The van der Waals surface area contributed by atoms with Crippen LogP contribution in [0.15, 0.2) is 29.4 Å². The van der Waals surface area contributed by atoms with Crippen LogP contribution in [0.1, 0.15) is 18.4 Å². The van der Waals surface area contributed by atoms with E-state index in [9.17, 15) is 14.4 Å². The van der Waals surface area contributed by atoms with Crippen molar-refractivity contribution in [3.05, 3.63) is 29.8 Å². The zero-order valence-electron chi connectivity index (χ0n) is 12.6. The van der Waals surface area contributed by atoms with Crippen molar-refractivity contribution in [1.82, 2.24) is 10.7 Å². The highest BCUT2D eigenvalue weighted by Gasteiger charge is 2.20. The summed E-state index contributed by atoms with van der Waals surface area (Å²) in [5.74, 6) is -0.740. The molecule has 122 valence electrons. The number of rotatable bonds is 6. The van der Waals surface area contributed by atoms with E-state index in [0.717, 1.165) is 5.56 Å². The second-order valence-corrected chi connectivity index (χ2v) is 4.76. The van der Waals surface area contributed by atoms with Crippen LogP contribution in [0.25, 0.3) is 0 Å². The Bertz CT molecular complexity index is 642. The molecule has 0 unspecified atom stereocenters. The number of hydrazone groups is 1. The van der Waals surface area contributed by atoms with Gasteiger partial charge < -0.3 is 14.8 Å². The highest BCUT2D eigenvalue weighted by Crippen LogP contribution is 2.16. The fraction of sp³-hybridized carbons (Fsp3) is 0.333. The van der Waals surface area contributed by atoms with Gasteiger partial charge in [-0.25, -0.2) is 10.2 Å². The topological polar surface area (TPSA) is 106 Å². The highest BCUT2D eigenvalue weighted by atomic mass is 16.5. The SMILES string of the molecule is COc1ccccc1CNC(=O)COC(=O)C1=NNC(=O)CC1. The van der Waals surface area contributed by atoms with Crippen molar-refractivity contribution in [3.8, 4) is 5.75 Å². The molecular formula is C15H17N3O5. The Labute approximate surface area is 132 Å². The third-order valence-electron chi connectivity index (χ3n) is 3.14. The second-order valence-electron chi connectivity index (χ2n) is 4.76. The maximum absolute atomic E-state index is 11.7. The molecule has 1 heterocycles. The van der Waals surface area contributed by atoms with E-state index >= 15 is 0 Å². The van der Waals surface area contributed by atoms with Crippen LogP contribution in [0, 0.1) is 0 Å². The standard InChI is InChI=1S/C15H17N3O5/c1-22-12-5-3-2-4-10(12)8-16-14(20)9-23-15(21)11-6-7-13(19)18-17-11/h2-5H,6-9H2,1H3,(H,16,20)(H,18,19). The second kappa shape index (κ2) is 7.92. The zero-order chi connectivity index (χ0) is 16.7. The molecule has 2 amide bonds. The number of ether oxygens (including phenoxy) is 2. The molecule has 8 heteroatoms. The molecule has 1 aromatic rings. The molecule has 0 fully saturated rings. The number of esters is 1. The molecule has 23 heavy (non-hydrogen) atoms. The van der Waals surface area contributed by atoms with Crippen LogP contribution in [0.3, 0.4) is 0 Å². The molecule has 0 atom stereocenters. The van der Waals surface area contributed by atoms with Gasteiger partial charge in [-0.2, -0.15) is 5.10 Å². The van der Waals surface area contributed by atoms with E-state index in [1.54, 1.807) is 13.2 Å². The van der Waals surface area contributed by atoms with E-state index in [0.29, 0.717) is 5.75 Å². The Morgan fingerprint density at radius 2 is 2.09 bits per heavy atom. The van der Waals surface area contributed by atoms with E-state index in [4.69, 9.17) is 9.47 Å². The lowest BCUT2D eigenvalue weighted by molar-refractivity contribution is -0.142. The molecule has 2 rings (SSSR count). The minimum absolute atomic E-state index is 0.0992. The predicted octanol–water partition coefficient (Wildman–Crippen LogP) is 0.121. The first kappa shape index (κ1) is 16.5. The fourth-order valence-corrected chi connectivity index (χ4v) is 1.93. The minimum atomic E-state index is -0.711. The first-order valence-corrected chi connectivity index (χ1v) is 7.01. The average Bonchev–Trinajstić information content (AvgIpc) is 2.58. The number of benzene rings is 1. The van der Waals surface area contributed by atoms with Gasteiger partial charge in [-0.1, -0.05) is 18.2 Å². The summed E-state index contributed by atoms with van der Waals surface area (Å²) in [6, 6.07) is 7.27. The maximum Gasteiger partial charge on any atom is 0.355 e. The molecule has 0 aromatic heterocycles. The minimum Gasteiger partial charge on any atom is -0.496 e. The number of nitrogens with zero attached hydrogens (tertiary/aromatic N) is 1. The van der Waals surface area contributed by atoms with Gasteiger partial charge in [0.25, 0.3) is 5.91 Å². The first-order chi connectivity index (χ1) is 11.1. The lowest BCUT2D eigenvalue weighted by atomic mass is 10.2. The van der Waals surface area contributed by atoms with Crippen molar-refractivity contribution in [2.75, 3.05) is 13.7 Å². The number of hydrogen-bond acceptors (Lipinski definition) is 6. The number of hydrogen-bond donors (Lipinski definition) is 2. The molecule has 1 aliphatic rings. The summed E-state index contributed by atoms with van der Waals surface area (Å²) in [6.45, 7) is -0.154. The van der Waals surface area contributed by atoms with Gasteiger partial charge >= 0.3 is 5.97 Å². The number of amides is 2. The van der Waals surface area contributed by atoms with Crippen LogP contribution in [0.2, 0.25) is 0 Å². The van der Waals surface area contributed by atoms with Crippen molar-refractivity contribution >= 4 is 23.5 Å². The van der Waals surface area contributed by atoms with Crippen molar-refractivity contribution in [1.29, 1.82) is 0 Å². The smallest absolute Gasteiger partial charge is 0.355 e. The molecule has 0 saturated heterocycles. The number of nitrogens with one attached hydrogen (secondary N) is 2. The van der Waals surface area contributed by atoms with Gasteiger partial charge in [-0.15, -0.1) is 0 Å². The number of para-hydroxylation sites is 1. The fourth-order valence-electron chi connectivity index (χ4n) is 1.93. The predicted molar refractivity (Wildman–Crippen MR) is 80.6 cm³/mol. The Hall–Kier alpha value is -2.90. The third-order valence-corrected chi connectivity index (χ3v) is 3.14. The summed E-state index contributed by atoms with van der Waals surface area (Å²) in [4.78, 5) is 34.3. The molecule has 1 aliphatic heterocycles. The Morgan fingerprint density at radius 3 is 2.78 bits per heavy atom. The van der Waals surface area contributed by atoms with Crippen molar-refractivity contribution < 1.29 is 23.9 Å². The lowest BCUT2D eigenvalue weighted by Crippen LogP contribution is -2.33. The molecule has 0 spiro atoms. The summed E-state index contributed by atoms with van der Waals surface area (Å²) in [7, 11) is 1.55. The molecule has 0 bridgehead atoms. The molecule has 0 saturated carbocycles. The monoisotopic (exact) mass is 319 g/mol. The van der Waals surface area contributed by atoms with Gasteiger partial charge in [0.05, 0.1) is 7.11 Å². The third kappa shape index (κ3) is 4.80. The quantitative estimate of drug-likeness (QED) is 0.725. The van der Waals surface area contributed by atoms with E-state index in [2.05, 4.69) is 15.8 Å². The number of carbonyl (C=O) groups excluding carboxylic acids is 3. The molecule has 8 nitrogen and oxygen atoms in total. The average molecular weight is 319 g/mol. The highest BCUT2D eigenvalue weighted by molar-refractivity contribution is 6.37. The maximum atomic E-state index is 11.7. The van der Waals surface area contributed by atoms with E-state index in [1.807, 2.05) is 18.2 Å². The van der Waals surface area contributed by atoms with Gasteiger partial charge in [-0.05, 0) is 6.07 Å². The van der Waals surface area contributed by atoms with Crippen LogP contribution in [0.4, 0.5) is 0 Å². The van der Waals surface area contributed by atoms with E-state index in [-0.39, 0.29) is 31.0 Å². The summed E-state index contributed by atoms with van der Waals surface area (Å²) in [5.41, 5.74) is 3.11. The molecule has 1 aromatic carbocycles. The van der Waals surface area contributed by atoms with Crippen LogP contribution in [-0.2, 0) is 25.7 Å².